The molecule has 0 unspecified atom stereocenters. The summed E-state index contributed by atoms with van der Waals surface area (Å²) in [5.41, 5.74) is 2.29. The van der Waals surface area contributed by atoms with Gasteiger partial charge in [-0.2, -0.15) is 5.10 Å². The van der Waals surface area contributed by atoms with Gasteiger partial charge in [0.25, 0.3) is 5.91 Å². The van der Waals surface area contributed by atoms with E-state index in [-0.39, 0.29) is 11.3 Å². The number of rotatable bonds is 5. The van der Waals surface area contributed by atoms with Crippen molar-refractivity contribution in [2.45, 2.75) is 19.3 Å². The summed E-state index contributed by atoms with van der Waals surface area (Å²) in [6, 6.07) is 15.0. The minimum absolute atomic E-state index is 0.121. The molecule has 25 heavy (non-hydrogen) atoms. The van der Waals surface area contributed by atoms with Gasteiger partial charge in [0.2, 0.25) is 0 Å². The van der Waals surface area contributed by atoms with Gasteiger partial charge >= 0.3 is 0 Å². The summed E-state index contributed by atoms with van der Waals surface area (Å²) >= 11 is 5.95. The second-order valence-electron chi connectivity index (χ2n) is 6.46. The van der Waals surface area contributed by atoms with Crippen LogP contribution < -0.4 is 5.32 Å². The Morgan fingerprint density at radius 1 is 1.20 bits per heavy atom. The number of nitrogens with one attached hydrogen (secondary N) is 1. The van der Waals surface area contributed by atoms with Crippen molar-refractivity contribution >= 4 is 17.5 Å². The van der Waals surface area contributed by atoms with Crippen LogP contribution in [0, 0.1) is 0 Å². The van der Waals surface area contributed by atoms with Gasteiger partial charge in [-0.15, -0.1) is 0 Å². The van der Waals surface area contributed by atoms with E-state index < -0.39 is 0 Å². The Labute approximate surface area is 151 Å². The highest BCUT2D eigenvalue weighted by Gasteiger charge is 2.21. The largest absolute Gasteiger partial charge is 0.351 e. The molecule has 2 aromatic carbocycles. The van der Waals surface area contributed by atoms with E-state index in [1.54, 1.807) is 23.1 Å². The average Bonchev–Trinajstić information content (AvgIpc) is 3.15. The van der Waals surface area contributed by atoms with Gasteiger partial charge in [0.15, 0.2) is 0 Å². The standard InChI is InChI=1S/C19H19ClN4O/c1-19(2,15-6-8-16(20)9-7-15)11-22-18(25)14-4-3-5-17(10-14)24-13-21-12-23-24/h3-10,12-13H,11H2,1-2H3,(H,22,25). The lowest BCUT2D eigenvalue weighted by atomic mass is 9.84. The zero-order chi connectivity index (χ0) is 17.9. The van der Waals surface area contributed by atoms with Crippen molar-refractivity contribution in [2.75, 3.05) is 6.54 Å². The van der Waals surface area contributed by atoms with Crippen molar-refractivity contribution in [3.8, 4) is 5.69 Å². The molecule has 0 aliphatic carbocycles. The van der Waals surface area contributed by atoms with Crippen molar-refractivity contribution in [1.82, 2.24) is 20.1 Å². The molecule has 0 saturated heterocycles. The molecule has 0 radical (unpaired) electrons. The summed E-state index contributed by atoms with van der Waals surface area (Å²) in [5.74, 6) is -0.121. The average molecular weight is 355 g/mol. The summed E-state index contributed by atoms with van der Waals surface area (Å²) in [6.45, 7) is 4.69. The number of hydrogen-bond acceptors (Lipinski definition) is 3. The number of amides is 1. The summed E-state index contributed by atoms with van der Waals surface area (Å²) < 4.78 is 1.62. The van der Waals surface area contributed by atoms with E-state index >= 15 is 0 Å². The monoisotopic (exact) mass is 354 g/mol. The van der Waals surface area contributed by atoms with Gasteiger partial charge in [-0.25, -0.2) is 9.67 Å². The van der Waals surface area contributed by atoms with E-state index in [0.29, 0.717) is 17.1 Å². The first-order chi connectivity index (χ1) is 12.0. The second-order valence-corrected chi connectivity index (χ2v) is 6.90. The van der Waals surface area contributed by atoms with Crippen LogP contribution in [0.1, 0.15) is 29.8 Å². The van der Waals surface area contributed by atoms with Crippen LogP contribution in [-0.2, 0) is 5.41 Å². The lowest BCUT2D eigenvalue weighted by Crippen LogP contribution is -2.36. The number of aromatic nitrogens is 3. The summed E-state index contributed by atoms with van der Waals surface area (Å²) in [6.07, 6.45) is 3.06. The molecule has 3 rings (SSSR count). The van der Waals surface area contributed by atoms with Gasteiger partial charge < -0.3 is 5.32 Å². The number of benzene rings is 2. The molecule has 1 amide bonds. The first-order valence-corrected chi connectivity index (χ1v) is 8.33. The molecule has 1 N–H and O–H groups in total. The van der Waals surface area contributed by atoms with Gasteiger partial charge in [-0.1, -0.05) is 43.6 Å². The summed E-state index contributed by atoms with van der Waals surface area (Å²) in [5, 5.41) is 7.79. The van der Waals surface area contributed by atoms with Crippen LogP contribution in [-0.4, -0.2) is 27.2 Å². The lowest BCUT2D eigenvalue weighted by Gasteiger charge is -2.25. The predicted octanol–water partition coefficient (Wildman–Crippen LogP) is 3.63. The SMILES string of the molecule is CC(C)(CNC(=O)c1cccc(-n2cncn2)c1)c1ccc(Cl)cc1. The molecular weight excluding hydrogens is 336 g/mol. The number of nitrogens with zero attached hydrogens (tertiary/aromatic N) is 3. The minimum atomic E-state index is -0.205. The Kier molecular flexibility index (Phi) is 4.86. The molecule has 0 atom stereocenters. The second kappa shape index (κ2) is 7.07. The van der Waals surface area contributed by atoms with Gasteiger partial charge in [-0.3, -0.25) is 4.79 Å². The molecule has 0 bridgehead atoms. The van der Waals surface area contributed by atoms with Crippen molar-refractivity contribution in [3.05, 3.63) is 77.3 Å². The van der Waals surface area contributed by atoms with Gasteiger partial charge in [-0.05, 0) is 35.9 Å². The van der Waals surface area contributed by atoms with E-state index in [9.17, 15) is 4.79 Å². The fourth-order valence-electron chi connectivity index (χ4n) is 2.54. The normalized spacial score (nSPS) is 11.3. The molecule has 0 saturated carbocycles. The molecule has 1 heterocycles. The highest BCUT2D eigenvalue weighted by molar-refractivity contribution is 6.30. The van der Waals surface area contributed by atoms with Crippen LogP contribution in [0.3, 0.4) is 0 Å². The van der Waals surface area contributed by atoms with E-state index in [1.165, 1.54) is 6.33 Å². The molecule has 0 spiro atoms. The van der Waals surface area contributed by atoms with E-state index in [4.69, 9.17) is 11.6 Å². The number of carbonyl (C=O) groups is 1. The highest BCUT2D eigenvalue weighted by atomic mass is 35.5. The van der Waals surface area contributed by atoms with Crippen LogP contribution >= 0.6 is 11.6 Å². The van der Waals surface area contributed by atoms with Crippen molar-refractivity contribution in [1.29, 1.82) is 0 Å². The highest BCUT2D eigenvalue weighted by Crippen LogP contribution is 2.24. The molecular formula is C19H19ClN4O. The van der Waals surface area contributed by atoms with Crippen molar-refractivity contribution in [2.24, 2.45) is 0 Å². The quantitative estimate of drug-likeness (QED) is 0.761. The molecule has 1 aromatic heterocycles. The van der Waals surface area contributed by atoms with Crippen LogP contribution in [0.2, 0.25) is 5.02 Å². The first kappa shape index (κ1) is 17.2. The van der Waals surface area contributed by atoms with Crippen LogP contribution in [0.5, 0.6) is 0 Å². The molecule has 128 valence electrons. The molecule has 6 heteroatoms. The van der Waals surface area contributed by atoms with Gasteiger partial charge in [0, 0.05) is 22.5 Å². The molecule has 0 aliphatic rings. The molecule has 0 aliphatic heterocycles. The van der Waals surface area contributed by atoms with Crippen LogP contribution in [0.25, 0.3) is 5.69 Å². The first-order valence-electron chi connectivity index (χ1n) is 7.95. The zero-order valence-electron chi connectivity index (χ0n) is 14.1. The Morgan fingerprint density at radius 3 is 2.64 bits per heavy atom. The molecule has 3 aromatic rings. The third-order valence-electron chi connectivity index (χ3n) is 4.11. The van der Waals surface area contributed by atoms with E-state index in [0.717, 1.165) is 11.3 Å². The Morgan fingerprint density at radius 2 is 1.96 bits per heavy atom. The third kappa shape index (κ3) is 4.06. The Bertz CT molecular complexity index is 857. The Hall–Kier alpha value is -2.66. The van der Waals surface area contributed by atoms with E-state index in [1.807, 2.05) is 36.4 Å². The predicted molar refractivity (Wildman–Crippen MR) is 98.2 cm³/mol. The van der Waals surface area contributed by atoms with Crippen LogP contribution in [0.4, 0.5) is 0 Å². The number of carbonyl (C=O) groups excluding carboxylic acids is 1. The topological polar surface area (TPSA) is 59.8 Å². The number of hydrogen-bond donors (Lipinski definition) is 1. The molecule has 5 nitrogen and oxygen atoms in total. The zero-order valence-corrected chi connectivity index (χ0v) is 14.9. The van der Waals surface area contributed by atoms with Crippen molar-refractivity contribution < 1.29 is 4.79 Å². The summed E-state index contributed by atoms with van der Waals surface area (Å²) in [7, 11) is 0. The Balaban J connectivity index is 1.70. The number of halogens is 1. The maximum Gasteiger partial charge on any atom is 0.251 e. The van der Waals surface area contributed by atoms with E-state index in [2.05, 4.69) is 29.2 Å². The fourth-order valence-corrected chi connectivity index (χ4v) is 2.66. The van der Waals surface area contributed by atoms with Crippen molar-refractivity contribution in [3.63, 3.8) is 0 Å². The van der Waals surface area contributed by atoms with Gasteiger partial charge in [0.05, 0.1) is 5.69 Å². The lowest BCUT2D eigenvalue weighted by molar-refractivity contribution is 0.0945. The minimum Gasteiger partial charge on any atom is -0.351 e. The third-order valence-corrected chi connectivity index (χ3v) is 4.36. The van der Waals surface area contributed by atoms with Crippen LogP contribution in [0.15, 0.2) is 61.2 Å². The maximum absolute atomic E-state index is 12.5. The fraction of sp³-hybridized carbons (Fsp3) is 0.211. The maximum atomic E-state index is 12.5. The molecule has 0 fully saturated rings. The van der Waals surface area contributed by atoms with Gasteiger partial charge in [0.1, 0.15) is 12.7 Å². The summed E-state index contributed by atoms with van der Waals surface area (Å²) in [4.78, 5) is 16.4. The smallest absolute Gasteiger partial charge is 0.251 e.